The van der Waals surface area contributed by atoms with Crippen molar-refractivity contribution in [3.8, 4) is 16.9 Å². The molecule has 0 spiro atoms. The van der Waals surface area contributed by atoms with Gasteiger partial charge in [-0.05, 0) is 97.8 Å². The summed E-state index contributed by atoms with van der Waals surface area (Å²) in [5, 5.41) is 0.553. The number of allylic oxidation sites excluding steroid dienone is 1. The van der Waals surface area contributed by atoms with E-state index in [1.54, 1.807) is 24.4 Å². The molecule has 5 rings (SSSR count). The lowest BCUT2D eigenvalue weighted by atomic mass is 9.91. The van der Waals surface area contributed by atoms with Crippen molar-refractivity contribution in [1.29, 1.82) is 0 Å². The van der Waals surface area contributed by atoms with Crippen LogP contribution in [-0.4, -0.2) is 40.3 Å². The summed E-state index contributed by atoms with van der Waals surface area (Å²) in [4.78, 5) is 31.3. The molecule has 38 heavy (non-hydrogen) atoms. The van der Waals surface area contributed by atoms with E-state index in [1.807, 2.05) is 48.2 Å². The number of nitrogens with zero attached hydrogens (tertiary/aromatic N) is 2. The van der Waals surface area contributed by atoms with Crippen molar-refractivity contribution >= 4 is 35.2 Å². The fourth-order valence-electron chi connectivity index (χ4n) is 5.15. The third-order valence-corrected chi connectivity index (χ3v) is 7.59. The van der Waals surface area contributed by atoms with Crippen LogP contribution in [0.4, 0.5) is 5.82 Å². The number of aromatic nitrogens is 1. The Balaban J connectivity index is 1.23. The first-order chi connectivity index (χ1) is 18.3. The Bertz CT molecular complexity index is 1360. The van der Waals surface area contributed by atoms with E-state index < -0.39 is 5.60 Å². The lowest BCUT2D eigenvalue weighted by Crippen LogP contribution is -2.35. The molecule has 0 saturated carbocycles. The molecule has 7 heteroatoms. The number of rotatable bonds is 7. The number of benzene rings is 2. The van der Waals surface area contributed by atoms with Crippen LogP contribution >= 0.6 is 11.6 Å². The molecule has 6 nitrogen and oxygen atoms in total. The number of hydrogen-bond acceptors (Lipinski definition) is 5. The van der Waals surface area contributed by atoms with Gasteiger partial charge in [-0.15, -0.1) is 0 Å². The van der Waals surface area contributed by atoms with Crippen molar-refractivity contribution in [2.24, 2.45) is 0 Å². The van der Waals surface area contributed by atoms with Crippen LogP contribution in [0.25, 0.3) is 17.2 Å². The third kappa shape index (κ3) is 5.91. The van der Waals surface area contributed by atoms with Gasteiger partial charge in [0.1, 0.15) is 17.2 Å². The van der Waals surface area contributed by atoms with Crippen LogP contribution in [0, 0.1) is 0 Å². The van der Waals surface area contributed by atoms with Crippen LogP contribution in [0.2, 0.25) is 5.02 Å². The van der Waals surface area contributed by atoms with Crippen molar-refractivity contribution in [2.45, 2.75) is 51.0 Å². The zero-order valence-electron chi connectivity index (χ0n) is 21.6. The van der Waals surface area contributed by atoms with E-state index in [0.29, 0.717) is 41.4 Å². The van der Waals surface area contributed by atoms with E-state index in [4.69, 9.17) is 22.1 Å². The smallest absolute Gasteiger partial charge is 0.253 e. The fourth-order valence-corrected chi connectivity index (χ4v) is 5.43. The predicted octanol–water partition coefficient (Wildman–Crippen LogP) is 6.37. The van der Waals surface area contributed by atoms with Gasteiger partial charge in [-0.2, -0.15) is 0 Å². The number of carbonyl (C=O) groups excluding carboxylic acids is 2. The van der Waals surface area contributed by atoms with Gasteiger partial charge in [-0.1, -0.05) is 23.7 Å². The normalized spacial score (nSPS) is 18.8. The van der Waals surface area contributed by atoms with Gasteiger partial charge in [-0.3, -0.25) is 9.59 Å². The van der Waals surface area contributed by atoms with Gasteiger partial charge < -0.3 is 15.4 Å². The molecule has 1 saturated heterocycles. The molecule has 0 aliphatic carbocycles. The number of ether oxygens (including phenoxy) is 1. The fraction of sp³-hybridized carbons (Fsp3) is 0.323. The average Bonchev–Trinajstić information content (AvgIpc) is 3.29. The maximum Gasteiger partial charge on any atom is 0.253 e. The van der Waals surface area contributed by atoms with Crippen LogP contribution in [0.15, 0.2) is 60.8 Å². The number of amides is 1. The number of nitrogen functional groups attached to an aromatic ring is 1. The van der Waals surface area contributed by atoms with Gasteiger partial charge in [0.15, 0.2) is 5.78 Å². The summed E-state index contributed by atoms with van der Waals surface area (Å²) in [6.07, 6.45) is 9.90. The molecule has 3 heterocycles. The van der Waals surface area contributed by atoms with E-state index in [0.717, 1.165) is 48.2 Å². The molecule has 2 aromatic carbocycles. The number of pyridine rings is 1. The van der Waals surface area contributed by atoms with Crippen molar-refractivity contribution in [1.82, 2.24) is 9.88 Å². The molecule has 2 aliphatic heterocycles. The summed E-state index contributed by atoms with van der Waals surface area (Å²) in [5.74, 6) is 1.25. The minimum Gasteiger partial charge on any atom is -0.485 e. The third-order valence-electron chi connectivity index (χ3n) is 7.31. The van der Waals surface area contributed by atoms with E-state index >= 15 is 0 Å². The van der Waals surface area contributed by atoms with E-state index in [2.05, 4.69) is 11.1 Å². The summed E-state index contributed by atoms with van der Waals surface area (Å²) in [6, 6.07) is 15.3. The lowest BCUT2D eigenvalue weighted by molar-refractivity contribution is -0.115. The second kappa shape index (κ2) is 11.0. The Labute approximate surface area is 228 Å². The van der Waals surface area contributed by atoms with Crippen LogP contribution in [-0.2, 0) is 11.2 Å². The molecular weight excluding hydrogens is 498 g/mol. The number of piperidine rings is 1. The number of anilines is 1. The number of nitrogens with two attached hydrogens (primary N) is 1. The Kier molecular flexibility index (Phi) is 7.52. The quantitative estimate of drug-likeness (QED) is 0.359. The lowest BCUT2D eigenvalue weighted by Gasteiger charge is -2.26. The molecule has 1 unspecified atom stereocenters. The molecule has 3 aromatic rings. The molecule has 0 bridgehead atoms. The number of carbonyl (C=O) groups is 2. The SMILES string of the molecule is CC1(CCC(=O)/C=C/c2ccc(N)nc2)Cc2cc(-c3ccc(C(=O)N4CCCCC4)cc3)cc(Cl)c2O1. The standard InChI is InChI=1S/C31H32ClN3O3/c1-31(14-13-26(36)11-5-21-6-12-28(33)34-20-21)19-25-17-24(18-27(32)29(25)38-31)22-7-9-23(10-8-22)30(37)35-15-3-2-4-16-35/h5-12,17-18,20H,2-4,13-16,19H2,1H3,(H2,33,34)/b11-5+. The maximum atomic E-state index is 12.8. The second-order valence-electron chi connectivity index (χ2n) is 10.4. The summed E-state index contributed by atoms with van der Waals surface area (Å²) < 4.78 is 6.28. The monoisotopic (exact) mass is 529 g/mol. The Hall–Kier alpha value is -3.64. The highest BCUT2D eigenvalue weighted by atomic mass is 35.5. The molecule has 1 amide bonds. The molecule has 2 N–H and O–H groups in total. The van der Waals surface area contributed by atoms with Crippen LogP contribution in [0.1, 0.15) is 60.5 Å². The van der Waals surface area contributed by atoms with E-state index in [1.165, 1.54) is 6.42 Å². The molecule has 2 aliphatic rings. The van der Waals surface area contributed by atoms with Crippen LogP contribution in [0.3, 0.4) is 0 Å². The predicted molar refractivity (Wildman–Crippen MR) is 151 cm³/mol. The van der Waals surface area contributed by atoms with Crippen molar-refractivity contribution in [3.05, 3.63) is 82.5 Å². The van der Waals surface area contributed by atoms with E-state index in [-0.39, 0.29) is 11.7 Å². The number of hydrogen-bond donors (Lipinski definition) is 1. The maximum absolute atomic E-state index is 12.8. The van der Waals surface area contributed by atoms with Crippen molar-refractivity contribution < 1.29 is 14.3 Å². The summed E-state index contributed by atoms with van der Waals surface area (Å²) in [6.45, 7) is 3.69. The molecule has 1 atom stereocenters. The highest BCUT2D eigenvalue weighted by Gasteiger charge is 2.36. The molecule has 0 radical (unpaired) electrons. The van der Waals surface area contributed by atoms with Gasteiger partial charge in [0.05, 0.1) is 5.02 Å². The Morgan fingerprint density at radius 2 is 1.84 bits per heavy atom. The molecule has 196 valence electrons. The number of halogens is 1. The number of ketones is 1. The topological polar surface area (TPSA) is 85.5 Å². The zero-order chi connectivity index (χ0) is 26.7. The Morgan fingerprint density at radius 1 is 1.08 bits per heavy atom. The summed E-state index contributed by atoms with van der Waals surface area (Å²) >= 11 is 6.65. The summed E-state index contributed by atoms with van der Waals surface area (Å²) in [5.41, 5.74) is 9.64. The molecule has 1 aromatic heterocycles. The minimum atomic E-state index is -0.512. The highest BCUT2D eigenvalue weighted by molar-refractivity contribution is 6.32. The largest absolute Gasteiger partial charge is 0.485 e. The van der Waals surface area contributed by atoms with Gasteiger partial charge in [0.25, 0.3) is 5.91 Å². The van der Waals surface area contributed by atoms with Gasteiger partial charge >= 0.3 is 0 Å². The highest BCUT2D eigenvalue weighted by Crippen LogP contribution is 2.44. The first kappa shape index (κ1) is 26.0. The second-order valence-corrected chi connectivity index (χ2v) is 10.8. The van der Waals surface area contributed by atoms with Crippen molar-refractivity contribution in [3.63, 3.8) is 0 Å². The molecule has 1 fully saturated rings. The van der Waals surface area contributed by atoms with E-state index in [9.17, 15) is 9.59 Å². The van der Waals surface area contributed by atoms with Gasteiger partial charge in [0, 0.05) is 43.3 Å². The number of fused-ring (bicyclic) bond motifs is 1. The van der Waals surface area contributed by atoms with Crippen LogP contribution < -0.4 is 10.5 Å². The minimum absolute atomic E-state index is 0.0218. The Morgan fingerprint density at radius 3 is 2.55 bits per heavy atom. The molecular formula is C31H32ClN3O3. The van der Waals surface area contributed by atoms with Gasteiger partial charge in [0.2, 0.25) is 0 Å². The average molecular weight is 530 g/mol. The van der Waals surface area contributed by atoms with Crippen LogP contribution in [0.5, 0.6) is 5.75 Å². The first-order valence-electron chi connectivity index (χ1n) is 13.1. The van der Waals surface area contributed by atoms with Gasteiger partial charge in [-0.25, -0.2) is 4.98 Å². The summed E-state index contributed by atoms with van der Waals surface area (Å²) in [7, 11) is 0. The van der Waals surface area contributed by atoms with Crippen molar-refractivity contribution in [2.75, 3.05) is 18.8 Å². The first-order valence-corrected chi connectivity index (χ1v) is 13.5. The zero-order valence-corrected chi connectivity index (χ0v) is 22.3. The number of likely N-dealkylation sites (tertiary alicyclic amines) is 1.